The van der Waals surface area contributed by atoms with Crippen LogP contribution in [0.3, 0.4) is 0 Å². The van der Waals surface area contributed by atoms with E-state index in [9.17, 15) is 14.7 Å². The van der Waals surface area contributed by atoms with Gasteiger partial charge in [0.1, 0.15) is 6.04 Å². The van der Waals surface area contributed by atoms with Crippen LogP contribution in [0.4, 0.5) is 0 Å². The number of amides is 1. The van der Waals surface area contributed by atoms with Crippen LogP contribution in [-0.2, 0) is 16.1 Å². The lowest BCUT2D eigenvalue weighted by Gasteiger charge is -2.37. The summed E-state index contributed by atoms with van der Waals surface area (Å²) in [5.41, 5.74) is 2.10. The van der Waals surface area contributed by atoms with E-state index in [-0.39, 0.29) is 12.5 Å². The Labute approximate surface area is 112 Å². The lowest BCUT2D eigenvalue weighted by atomic mass is 10.1. The Hall–Kier alpha value is -1.88. The molecular formula is C14H18N2O3. The molecule has 1 saturated heterocycles. The molecule has 2 rings (SSSR count). The van der Waals surface area contributed by atoms with Gasteiger partial charge < -0.3 is 10.0 Å². The van der Waals surface area contributed by atoms with Crippen molar-refractivity contribution < 1.29 is 14.7 Å². The second kappa shape index (κ2) is 5.40. The first-order valence-electron chi connectivity index (χ1n) is 6.23. The molecule has 1 aliphatic rings. The number of piperazine rings is 1. The van der Waals surface area contributed by atoms with Gasteiger partial charge in [0.25, 0.3) is 0 Å². The van der Waals surface area contributed by atoms with Gasteiger partial charge in [-0.1, -0.05) is 29.8 Å². The summed E-state index contributed by atoms with van der Waals surface area (Å²) in [4.78, 5) is 26.5. The zero-order valence-corrected chi connectivity index (χ0v) is 11.2. The number of nitrogens with zero attached hydrogens (tertiary/aromatic N) is 2. The Morgan fingerprint density at radius 3 is 2.58 bits per heavy atom. The smallest absolute Gasteiger partial charge is 0.327 e. The first-order chi connectivity index (χ1) is 8.97. The largest absolute Gasteiger partial charge is 0.480 e. The Bertz CT molecular complexity index is 484. The highest BCUT2D eigenvalue weighted by atomic mass is 16.4. The number of aliphatic carboxylic acids is 1. The predicted octanol–water partition coefficient (Wildman–Crippen LogP) is 0.722. The van der Waals surface area contributed by atoms with Gasteiger partial charge in [-0.3, -0.25) is 9.69 Å². The second-order valence-corrected chi connectivity index (χ2v) is 5.06. The molecule has 0 spiro atoms. The summed E-state index contributed by atoms with van der Waals surface area (Å²) in [6.45, 7) is 2.98. The molecule has 5 nitrogen and oxygen atoms in total. The van der Waals surface area contributed by atoms with Crippen LogP contribution in [0.2, 0.25) is 0 Å². The van der Waals surface area contributed by atoms with E-state index >= 15 is 0 Å². The number of hydrogen-bond acceptors (Lipinski definition) is 3. The fourth-order valence-electron chi connectivity index (χ4n) is 2.25. The highest BCUT2D eigenvalue weighted by molar-refractivity contribution is 5.86. The van der Waals surface area contributed by atoms with Crippen molar-refractivity contribution in [3.8, 4) is 0 Å². The summed E-state index contributed by atoms with van der Waals surface area (Å²) in [7, 11) is 1.76. The molecule has 5 heteroatoms. The molecule has 1 unspecified atom stereocenters. The average molecular weight is 262 g/mol. The summed E-state index contributed by atoms with van der Waals surface area (Å²) in [5, 5.41) is 9.25. The van der Waals surface area contributed by atoms with Crippen molar-refractivity contribution in [2.75, 3.05) is 20.1 Å². The van der Waals surface area contributed by atoms with E-state index in [1.54, 1.807) is 11.9 Å². The lowest BCUT2D eigenvalue weighted by Crippen LogP contribution is -2.57. The molecule has 1 aromatic carbocycles. The number of aryl methyl sites for hydroxylation is 1. The molecule has 0 aliphatic carbocycles. The van der Waals surface area contributed by atoms with E-state index in [1.807, 2.05) is 31.2 Å². The number of benzene rings is 1. The van der Waals surface area contributed by atoms with Crippen LogP contribution in [0.5, 0.6) is 0 Å². The zero-order chi connectivity index (χ0) is 14.0. The van der Waals surface area contributed by atoms with Crippen LogP contribution in [0.1, 0.15) is 11.1 Å². The Kier molecular flexibility index (Phi) is 3.85. The fourth-order valence-corrected chi connectivity index (χ4v) is 2.25. The van der Waals surface area contributed by atoms with E-state index in [1.165, 1.54) is 4.90 Å². The van der Waals surface area contributed by atoms with Gasteiger partial charge in [-0.05, 0) is 19.5 Å². The highest BCUT2D eigenvalue weighted by Gasteiger charge is 2.35. The van der Waals surface area contributed by atoms with E-state index < -0.39 is 12.0 Å². The van der Waals surface area contributed by atoms with Gasteiger partial charge in [0.15, 0.2) is 0 Å². The number of carboxylic acid groups (broad SMARTS) is 1. The summed E-state index contributed by atoms with van der Waals surface area (Å²) in [5.74, 6) is -1.09. The van der Waals surface area contributed by atoms with Gasteiger partial charge >= 0.3 is 5.97 Å². The topological polar surface area (TPSA) is 60.9 Å². The van der Waals surface area contributed by atoms with Crippen molar-refractivity contribution in [1.29, 1.82) is 0 Å². The molecule has 1 N–H and O–H groups in total. The quantitative estimate of drug-likeness (QED) is 0.872. The lowest BCUT2D eigenvalue weighted by molar-refractivity contribution is -0.156. The molecule has 0 aromatic heterocycles. The minimum Gasteiger partial charge on any atom is -0.480 e. The minimum atomic E-state index is -0.952. The van der Waals surface area contributed by atoms with Crippen molar-refractivity contribution >= 4 is 11.9 Å². The Morgan fingerprint density at radius 1 is 1.37 bits per heavy atom. The van der Waals surface area contributed by atoms with Crippen LogP contribution in [0.15, 0.2) is 24.3 Å². The molecule has 1 fully saturated rings. The third kappa shape index (κ3) is 3.12. The molecular weight excluding hydrogens is 244 g/mol. The molecule has 1 amide bonds. The van der Waals surface area contributed by atoms with Gasteiger partial charge in [-0.25, -0.2) is 4.79 Å². The summed E-state index contributed by atoms with van der Waals surface area (Å²) < 4.78 is 0. The number of carboxylic acids is 1. The van der Waals surface area contributed by atoms with Gasteiger partial charge in [0.2, 0.25) is 5.91 Å². The SMILES string of the molecule is Cc1ccc(CN2C(=O)CN(C)CC2C(=O)O)cc1. The van der Waals surface area contributed by atoms with E-state index in [2.05, 4.69) is 0 Å². The summed E-state index contributed by atoms with van der Waals surface area (Å²) in [6.07, 6.45) is 0. The maximum Gasteiger partial charge on any atom is 0.327 e. The van der Waals surface area contributed by atoms with Gasteiger partial charge in [-0.2, -0.15) is 0 Å². The van der Waals surface area contributed by atoms with E-state index in [4.69, 9.17) is 0 Å². The number of carbonyl (C=O) groups is 2. The number of carbonyl (C=O) groups excluding carboxylic acids is 1. The second-order valence-electron chi connectivity index (χ2n) is 5.06. The molecule has 0 bridgehead atoms. The first-order valence-corrected chi connectivity index (χ1v) is 6.23. The van der Waals surface area contributed by atoms with Gasteiger partial charge in [0, 0.05) is 13.1 Å². The van der Waals surface area contributed by atoms with E-state index in [0.717, 1.165) is 11.1 Å². The van der Waals surface area contributed by atoms with Crippen LogP contribution >= 0.6 is 0 Å². The van der Waals surface area contributed by atoms with Crippen LogP contribution in [0.25, 0.3) is 0 Å². The Morgan fingerprint density at radius 2 is 2.00 bits per heavy atom. The summed E-state index contributed by atoms with van der Waals surface area (Å²) >= 11 is 0. The predicted molar refractivity (Wildman–Crippen MR) is 70.6 cm³/mol. The standard InChI is InChI=1S/C14H18N2O3/c1-10-3-5-11(6-4-10)7-16-12(14(18)19)8-15(2)9-13(16)17/h3-6,12H,7-9H2,1-2H3,(H,18,19). The zero-order valence-electron chi connectivity index (χ0n) is 11.2. The average Bonchev–Trinajstić information content (AvgIpc) is 2.34. The van der Waals surface area contributed by atoms with Crippen molar-refractivity contribution in [3.63, 3.8) is 0 Å². The maximum absolute atomic E-state index is 12.0. The number of likely N-dealkylation sites (N-methyl/N-ethyl adjacent to an activating group) is 1. The first kappa shape index (κ1) is 13.5. The highest BCUT2D eigenvalue weighted by Crippen LogP contribution is 2.15. The molecule has 1 aromatic rings. The van der Waals surface area contributed by atoms with E-state index in [0.29, 0.717) is 13.1 Å². The van der Waals surface area contributed by atoms with Gasteiger partial charge in [-0.15, -0.1) is 0 Å². The summed E-state index contributed by atoms with van der Waals surface area (Å²) in [6, 6.07) is 7.02. The third-order valence-corrected chi connectivity index (χ3v) is 3.34. The van der Waals surface area contributed by atoms with Crippen molar-refractivity contribution in [3.05, 3.63) is 35.4 Å². The molecule has 1 heterocycles. The molecule has 19 heavy (non-hydrogen) atoms. The van der Waals surface area contributed by atoms with Crippen molar-refractivity contribution in [2.24, 2.45) is 0 Å². The minimum absolute atomic E-state index is 0.137. The van der Waals surface area contributed by atoms with Crippen LogP contribution in [0, 0.1) is 6.92 Å². The fraction of sp³-hybridized carbons (Fsp3) is 0.429. The van der Waals surface area contributed by atoms with Crippen LogP contribution < -0.4 is 0 Å². The number of rotatable bonds is 3. The molecule has 0 radical (unpaired) electrons. The molecule has 102 valence electrons. The number of hydrogen-bond donors (Lipinski definition) is 1. The van der Waals surface area contributed by atoms with Crippen molar-refractivity contribution in [2.45, 2.75) is 19.5 Å². The van der Waals surface area contributed by atoms with Gasteiger partial charge in [0.05, 0.1) is 6.54 Å². The maximum atomic E-state index is 12.0. The molecule has 0 saturated carbocycles. The molecule has 1 atom stereocenters. The van der Waals surface area contributed by atoms with Crippen molar-refractivity contribution in [1.82, 2.24) is 9.80 Å². The Balaban J connectivity index is 2.17. The molecule has 1 aliphatic heterocycles. The monoisotopic (exact) mass is 262 g/mol. The van der Waals surface area contributed by atoms with Crippen LogP contribution in [-0.4, -0.2) is 53.0 Å². The normalized spacial score (nSPS) is 20.6. The third-order valence-electron chi connectivity index (χ3n) is 3.34.